The molecule has 37 heavy (non-hydrogen) atoms. The fourth-order valence-electron chi connectivity index (χ4n) is 5.07. The van der Waals surface area contributed by atoms with Crippen molar-refractivity contribution >= 4 is 33.5 Å². The number of para-hydroxylation sites is 1. The summed E-state index contributed by atoms with van der Waals surface area (Å²) in [5, 5.41) is 11.8. The van der Waals surface area contributed by atoms with Crippen molar-refractivity contribution in [1.82, 2.24) is 9.47 Å². The van der Waals surface area contributed by atoms with Gasteiger partial charge in [0, 0.05) is 59.0 Å². The van der Waals surface area contributed by atoms with Gasteiger partial charge in [0.25, 0.3) is 0 Å². The maximum atomic E-state index is 14.3. The van der Waals surface area contributed by atoms with Gasteiger partial charge in [-0.2, -0.15) is 5.26 Å². The molecule has 0 amide bonds. The van der Waals surface area contributed by atoms with Crippen LogP contribution in [-0.4, -0.2) is 22.2 Å². The van der Waals surface area contributed by atoms with Gasteiger partial charge in [0.15, 0.2) is 0 Å². The monoisotopic (exact) mass is 504 g/mol. The summed E-state index contributed by atoms with van der Waals surface area (Å²) in [4.78, 5) is 8.47. The molecule has 0 bridgehead atoms. The van der Waals surface area contributed by atoms with Crippen LogP contribution >= 0.6 is 11.3 Å². The number of rotatable bonds is 6. The number of aliphatic imine (C=N–C) groups is 1. The zero-order valence-electron chi connectivity index (χ0n) is 20.3. The van der Waals surface area contributed by atoms with Gasteiger partial charge in [0.05, 0.1) is 12.1 Å². The van der Waals surface area contributed by atoms with Gasteiger partial charge in [0.1, 0.15) is 16.9 Å². The van der Waals surface area contributed by atoms with Crippen LogP contribution in [0.15, 0.2) is 90.1 Å². The highest BCUT2D eigenvalue weighted by Crippen LogP contribution is 2.39. The Morgan fingerprint density at radius 3 is 2.59 bits per heavy atom. The third kappa shape index (κ3) is 4.72. The van der Waals surface area contributed by atoms with E-state index >= 15 is 0 Å². The van der Waals surface area contributed by atoms with Crippen molar-refractivity contribution in [2.75, 3.05) is 6.54 Å². The lowest BCUT2D eigenvalue weighted by atomic mass is 10.0. The summed E-state index contributed by atoms with van der Waals surface area (Å²) in [6.45, 7) is 3.11. The number of hydrogen-bond donors (Lipinski definition) is 0. The second kappa shape index (κ2) is 10.1. The van der Waals surface area contributed by atoms with E-state index in [1.165, 1.54) is 16.5 Å². The minimum absolute atomic E-state index is 0.209. The Balaban J connectivity index is 1.29. The van der Waals surface area contributed by atoms with Crippen LogP contribution in [0.2, 0.25) is 0 Å². The fraction of sp³-hybridized carbons (Fsp3) is 0.161. The molecule has 0 saturated heterocycles. The van der Waals surface area contributed by atoms with Gasteiger partial charge in [-0.1, -0.05) is 66.7 Å². The van der Waals surface area contributed by atoms with E-state index in [1.807, 2.05) is 48.8 Å². The maximum Gasteiger partial charge on any atom is 0.134 e. The predicted molar refractivity (Wildman–Crippen MR) is 148 cm³/mol. The molecule has 0 aliphatic carbocycles. The molecule has 0 radical (unpaired) electrons. The minimum atomic E-state index is -0.209. The smallest absolute Gasteiger partial charge is 0.134 e. The standard InChI is InChI=1S/C31H25FN4S/c32-28-12-6-4-10-23(28)19-36-20-24(25-11-5-7-13-29(25)36)17-34-31-27(16-33)26-14-15-35(21-30(26)37-31)18-22-8-2-1-3-9-22/h1-13,17,20H,14-15,18-19,21H2. The van der Waals surface area contributed by atoms with Crippen LogP contribution in [0.25, 0.3) is 10.9 Å². The molecule has 0 saturated carbocycles. The van der Waals surface area contributed by atoms with Crippen LogP contribution in [0.4, 0.5) is 9.39 Å². The maximum absolute atomic E-state index is 14.3. The molecule has 0 unspecified atom stereocenters. The summed E-state index contributed by atoms with van der Waals surface area (Å²) < 4.78 is 16.4. The van der Waals surface area contributed by atoms with E-state index in [-0.39, 0.29) is 5.82 Å². The summed E-state index contributed by atoms with van der Waals surface area (Å²) in [5.74, 6) is -0.209. The number of fused-ring (bicyclic) bond motifs is 2. The summed E-state index contributed by atoms with van der Waals surface area (Å²) in [6, 6.07) is 27.9. The summed E-state index contributed by atoms with van der Waals surface area (Å²) in [6.07, 6.45) is 4.72. The van der Waals surface area contributed by atoms with Crippen molar-refractivity contribution in [3.05, 3.63) is 124 Å². The lowest BCUT2D eigenvalue weighted by Gasteiger charge is -2.26. The topological polar surface area (TPSA) is 44.3 Å². The Kier molecular flexibility index (Phi) is 6.40. The first-order valence-electron chi connectivity index (χ1n) is 12.4. The van der Waals surface area contributed by atoms with Crippen LogP contribution in [0.3, 0.4) is 0 Å². The molecule has 0 N–H and O–H groups in total. The predicted octanol–water partition coefficient (Wildman–Crippen LogP) is 7.07. The zero-order chi connectivity index (χ0) is 25.2. The second-order valence-corrected chi connectivity index (χ2v) is 10.4. The number of thiophene rings is 1. The van der Waals surface area contributed by atoms with Crippen molar-refractivity contribution in [1.29, 1.82) is 5.26 Å². The highest BCUT2D eigenvalue weighted by Gasteiger charge is 2.24. The van der Waals surface area contributed by atoms with E-state index in [9.17, 15) is 9.65 Å². The molecule has 3 heterocycles. The molecule has 1 aliphatic rings. The summed E-state index contributed by atoms with van der Waals surface area (Å²) in [7, 11) is 0. The van der Waals surface area contributed by atoms with Crippen LogP contribution in [0.1, 0.15) is 32.7 Å². The Morgan fingerprint density at radius 2 is 1.76 bits per heavy atom. The Hall–Kier alpha value is -4.05. The van der Waals surface area contributed by atoms with Gasteiger partial charge in [-0.25, -0.2) is 9.38 Å². The van der Waals surface area contributed by atoms with Gasteiger partial charge in [0.2, 0.25) is 0 Å². The number of nitriles is 1. The van der Waals surface area contributed by atoms with Gasteiger partial charge in [-0.15, -0.1) is 11.3 Å². The van der Waals surface area contributed by atoms with Crippen molar-refractivity contribution in [3.63, 3.8) is 0 Å². The lowest BCUT2D eigenvalue weighted by Crippen LogP contribution is -2.29. The third-order valence-corrected chi connectivity index (χ3v) is 8.04. The van der Waals surface area contributed by atoms with Crippen molar-refractivity contribution in [3.8, 4) is 6.07 Å². The number of nitrogens with zero attached hydrogens (tertiary/aromatic N) is 4. The molecule has 0 fully saturated rings. The molecular formula is C31H25FN4S. The van der Waals surface area contributed by atoms with Gasteiger partial charge in [-0.3, -0.25) is 4.90 Å². The summed E-state index contributed by atoms with van der Waals surface area (Å²) >= 11 is 1.62. The average molecular weight is 505 g/mol. The molecule has 5 aromatic rings. The SMILES string of the molecule is N#Cc1c(N=Cc2cn(Cc3ccccc3F)c3ccccc23)sc2c1CCN(Cc1ccccc1)C2. The van der Waals surface area contributed by atoms with Crippen molar-refractivity contribution in [2.45, 2.75) is 26.1 Å². The Morgan fingerprint density at radius 1 is 0.973 bits per heavy atom. The van der Waals surface area contributed by atoms with Crippen LogP contribution in [-0.2, 0) is 26.1 Å². The van der Waals surface area contributed by atoms with E-state index in [4.69, 9.17) is 4.99 Å². The van der Waals surface area contributed by atoms with Gasteiger partial charge >= 0.3 is 0 Å². The Labute approximate surface area is 219 Å². The van der Waals surface area contributed by atoms with Crippen LogP contribution in [0.5, 0.6) is 0 Å². The van der Waals surface area contributed by atoms with E-state index < -0.39 is 0 Å². The van der Waals surface area contributed by atoms with E-state index in [2.05, 4.69) is 45.9 Å². The largest absolute Gasteiger partial charge is 0.342 e. The van der Waals surface area contributed by atoms with Crippen molar-refractivity contribution in [2.24, 2.45) is 4.99 Å². The van der Waals surface area contributed by atoms with E-state index in [0.717, 1.165) is 53.1 Å². The molecule has 4 nitrogen and oxygen atoms in total. The number of aromatic nitrogens is 1. The first-order chi connectivity index (χ1) is 18.2. The second-order valence-electron chi connectivity index (χ2n) is 9.32. The lowest BCUT2D eigenvalue weighted by molar-refractivity contribution is 0.249. The van der Waals surface area contributed by atoms with E-state index in [1.54, 1.807) is 17.4 Å². The van der Waals surface area contributed by atoms with E-state index in [0.29, 0.717) is 17.7 Å². The van der Waals surface area contributed by atoms with Crippen LogP contribution < -0.4 is 0 Å². The molecule has 2 aromatic heterocycles. The fourth-order valence-corrected chi connectivity index (χ4v) is 6.26. The molecular weight excluding hydrogens is 479 g/mol. The molecule has 6 rings (SSSR count). The first kappa shape index (κ1) is 23.4. The Bertz CT molecular complexity index is 1640. The molecule has 0 atom stereocenters. The average Bonchev–Trinajstić information content (AvgIpc) is 3.46. The van der Waals surface area contributed by atoms with Crippen molar-refractivity contribution < 1.29 is 4.39 Å². The number of hydrogen-bond acceptors (Lipinski definition) is 4. The molecule has 1 aliphatic heterocycles. The molecule has 6 heteroatoms. The highest BCUT2D eigenvalue weighted by atomic mass is 32.1. The molecule has 3 aromatic carbocycles. The quantitative estimate of drug-likeness (QED) is 0.232. The normalized spacial score (nSPS) is 13.7. The first-order valence-corrected chi connectivity index (χ1v) is 13.2. The van der Waals surface area contributed by atoms with Gasteiger partial charge < -0.3 is 4.57 Å². The number of benzene rings is 3. The molecule has 182 valence electrons. The third-order valence-electron chi connectivity index (χ3n) is 6.92. The van der Waals surface area contributed by atoms with Gasteiger partial charge in [-0.05, 0) is 29.7 Å². The molecule has 0 spiro atoms. The summed E-state index contributed by atoms with van der Waals surface area (Å²) in [5.41, 5.74) is 5.76. The minimum Gasteiger partial charge on any atom is -0.342 e. The number of halogens is 1. The zero-order valence-corrected chi connectivity index (χ0v) is 21.1. The highest BCUT2D eigenvalue weighted by molar-refractivity contribution is 7.16. The van der Waals surface area contributed by atoms with Crippen LogP contribution in [0, 0.1) is 17.1 Å².